The van der Waals surface area contributed by atoms with Gasteiger partial charge in [-0.25, -0.2) is 9.37 Å². The highest BCUT2D eigenvalue weighted by Crippen LogP contribution is 2.20. The zero-order valence-corrected chi connectivity index (χ0v) is 14.2. The predicted octanol–water partition coefficient (Wildman–Crippen LogP) is 3.43. The van der Waals surface area contributed by atoms with Gasteiger partial charge in [0.1, 0.15) is 11.5 Å². The fourth-order valence-corrected chi connectivity index (χ4v) is 3.12. The minimum Gasteiger partial charge on any atom is -0.347 e. The van der Waals surface area contributed by atoms with Crippen LogP contribution in [0, 0.1) is 5.82 Å². The van der Waals surface area contributed by atoms with Crippen LogP contribution in [-0.4, -0.2) is 20.0 Å². The molecule has 0 bridgehead atoms. The topological polar surface area (TPSA) is 51.9 Å². The van der Waals surface area contributed by atoms with Crippen molar-refractivity contribution in [3.8, 4) is 5.69 Å². The number of hydrogen-bond acceptors (Lipinski definition) is 2. The number of imidazole rings is 1. The van der Waals surface area contributed by atoms with Crippen LogP contribution in [0.25, 0.3) is 16.6 Å². The van der Waals surface area contributed by atoms with Gasteiger partial charge in [-0.2, -0.15) is 0 Å². The Hall–Kier alpha value is -3.41. The number of nitrogens with one attached hydrogen (secondary N) is 1. The largest absolute Gasteiger partial charge is 0.347 e. The van der Waals surface area contributed by atoms with E-state index in [1.165, 1.54) is 12.1 Å². The highest BCUT2D eigenvalue weighted by atomic mass is 19.1. The van der Waals surface area contributed by atoms with Crippen molar-refractivity contribution in [2.24, 2.45) is 7.05 Å². The summed E-state index contributed by atoms with van der Waals surface area (Å²) in [5.74, 6) is -0.520. The molecule has 0 aliphatic carbocycles. The maximum Gasteiger partial charge on any atom is 0.268 e. The number of rotatable bonds is 4. The monoisotopic (exact) mass is 348 g/mol. The Morgan fingerprint density at radius 1 is 1.19 bits per heavy atom. The van der Waals surface area contributed by atoms with Gasteiger partial charge in [-0.1, -0.05) is 18.2 Å². The van der Waals surface area contributed by atoms with Gasteiger partial charge in [-0.3, -0.25) is 4.79 Å². The van der Waals surface area contributed by atoms with E-state index in [2.05, 4.69) is 10.3 Å². The van der Waals surface area contributed by atoms with E-state index in [1.807, 2.05) is 35.0 Å². The van der Waals surface area contributed by atoms with E-state index >= 15 is 0 Å². The van der Waals surface area contributed by atoms with E-state index in [1.54, 1.807) is 36.3 Å². The molecule has 1 amide bonds. The molecule has 0 saturated carbocycles. The third-order valence-corrected chi connectivity index (χ3v) is 4.45. The van der Waals surface area contributed by atoms with Gasteiger partial charge in [-0.05, 0) is 35.9 Å². The van der Waals surface area contributed by atoms with Crippen LogP contribution < -0.4 is 5.32 Å². The predicted molar refractivity (Wildman–Crippen MR) is 97.6 cm³/mol. The summed E-state index contributed by atoms with van der Waals surface area (Å²) in [4.78, 5) is 16.7. The number of amides is 1. The molecule has 0 saturated heterocycles. The lowest BCUT2D eigenvalue weighted by atomic mass is 10.1. The van der Waals surface area contributed by atoms with Crippen LogP contribution in [0.3, 0.4) is 0 Å². The molecule has 2 aromatic heterocycles. The summed E-state index contributed by atoms with van der Waals surface area (Å²) in [6.07, 6.45) is 5.29. The zero-order valence-electron chi connectivity index (χ0n) is 14.2. The van der Waals surface area contributed by atoms with Crippen molar-refractivity contribution in [1.29, 1.82) is 0 Å². The summed E-state index contributed by atoms with van der Waals surface area (Å²) in [7, 11) is 1.80. The molecule has 0 unspecified atom stereocenters. The van der Waals surface area contributed by atoms with E-state index in [0.29, 0.717) is 17.6 Å². The number of para-hydroxylation sites is 1. The Balaban J connectivity index is 1.58. The Labute approximate surface area is 149 Å². The highest BCUT2D eigenvalue weighted by Gasteiger charge is 2.14. The molecular weight excluding hydrogens is 331 g/mol. The van der Waals surface area contributed by atoms with E-state index in [0.717, 1.165) is 16.8 Å². The average Bonchev–Trinajstić information content (AvgIpc) is 3.28. The number of nitrogens with zero attached hydrogens (tertiary/aromatic N) is 3. The Kier molecular flexibility index (Phi) is 4.01. The maximum absolute atomic E-state index is 13.4. The molecule has 5 nitrogen and oxygen atoms in total. The Bertz CT molecular complexity index is 1080. The van der Waals surface area contributed by atoms with E-state index in [4.69, 9.17) is 0 Å². The summed E-state index contributed by atoms with van der Waals surface area (Å²) in [6.45, 7) is 0.378. The number of carbonyl (C=O) groups excluding carboxylic acids is 1. The molecule has 0 aliphatic rings. The number of fused-ring (bicyclic) bond motifs is 1. The van der Waals surface area contributed by atoms with Crippen molar-refractivity contribution in [3.63, 3.8) is 0 Å². The second-order valence-electron chi connectivity index (χ2n) is 6.07. The van der Waals surface area contributed by atoms with Crippen molar-refractivity contribution in [2.45, 2.75) is 6.54 Å². The van der Waals surface area contributed by atoms with Crippen molar-refractivity contribution in [3.05, 3.63) is 84.3 Å². The molecule has 0 atom stereocenters. The standard InChI is InChI=1S/C20H17FN4O/c1-24-17-7-6-16(21)10-15(17)11-19(24)20(26)23-12-14-4-2-3-5-18(14)25-9-8-22-13-25/h2-11,13H,12H2,1H3,(H,23,26). The molecule has 0 aliphatic heterocycles. The first kappa shape index (κ1) is 16.1. The lowest BCUT2D eigenvalue weighted by Crippen LogP contribution is -2.25. The first-order chi connectivity index (χ1) is 12.6. The highest BCUT2D eigenvalue weighted by molar-refractivity contribution is 5.98. The van der Waals surface area contributed by atoms with E-state index in [9.17, 15) is 9.18 Å². The summed E-state index contributed by atoms with van der Waals surface area (Å²) < 4.78 is 17.1. The summed E-state index contributed by atoms with van der Waals surface area (Å²) >= 11 is 0. The quantitative estimate of drug-likeness (QED) is 0.614. The summed E-state index contributed by atoms with van der Waals surface area (Å²) in [5, 5.41) is 3.65. The molecule has 0 radical (unpaired) electrons. The number of benzene rings is 2. The van der Waals surface area contributed by atoms with Gasteiger partial charge in [0.25, 0.3) is 5.91 Å². The lowest BCUT2D eigenvalue weighted by Gasteiger charge is -2.11. The second kappa shape index (κ2) is 6.48. The first-order valence-corrected chi connectivity index (χ1v) is 8.23. The Morgan fingerprint density at radius 3 is 2.85 bits per heavy atom. The van der Waals surface area contributed by atoms with Crippen LogP contribution >= 0.6 is 0 Å². The molecule has 130 valence electrons. The van der Waals surface area contributed by atoms with Crippen LogP contribution in [0.15, 0.2) is 67.3 Å². The number of carbonyl (C=O) groups is 1. The minimum absolute atomic E-state index is 0.204. The second-order valence-corrected chi connectivity index (χ2v) is 6.07. The normalized spacial score (nSPS) is 11.0. The Morgan fingerprint density at radius 2 is 2.04 bits per heavy atom. The molecule has 2 heterocycles. The average molecular weight is 348 g/mol. The molecule has 0 fully saturated rings. The fraction of sp³-hybridized carbons (Fsp3) is 0.100. The zero-order chi connectivity index (χ0) is 18.1. The molecular formula is C20H17FN4O. The van der Waals surface area contributed by atoms with Gasteiger partial charge in [0.15, 0.2) is 0 Å². The van der Waals surface area contributed by atoms with Gasteiger partial charge >= 0.3 is 0 Å². The maximum atomic E-state index is 13.4. The van der Waals surface area contributed by atoms with Gasteiger partial charge < -0.3 is 14.5 Å². The molecule has 2 aromatic carbocycles. The van der Waals surface area contributed by atoms with Crippen LogP contribution in [0.5, 0.6) is 0 Å². The smallest absolute Gasteiger partial charge is 0.268 e. The molecule has 0 spiro atoms. The summed E-state index contributed by atoms with van der Waals surface area (Å²) in [6, 6.07) is 14.0. The summed E-state index contributed by atoms with van der Waals surface area (Å²) in [5.41, 5.74) is 3.24. The van der Waals surface area contributed by atoms with Crippen molar-refractivity contribution in [2.75, 3.05) is 0 Å². The molecule has 4 aromatic rings. The third kappa shape index (κ3) is 2.86. The van der Waals surface area contributed by atoms with Crippen LogP contribution in [0.4, 0.5) is 4.39 Å². The number of aromatic nitrogens is 3. The van der Waals surface area contributed by atoms with Gasteiger partial charge in [0.2, 0.25) is 0 Å². The molecule has 4 rings (SSSR count). The van der Waals surface area contributed by atoms with Crippen molar-refractivity contribution >= 4 is 16.8 Å². The van der Waals surface area contributed by atoms with Crippen LogP contribution in [0.2, 0.25) is 0 Å². The minimum atomic E-state index is -0.315. The van der Waals surface area contributed by atoms with Crippen molar-refractivity contribution < 1.29 is 9.18 Å². The third-order valence-electron chi connectivity index (χ3n) is 4.45. The van der Waals surface area contributed by atoms with Gasteiger partial charge in [0.05, 0.1) is 12.0 Å². The molecule has 26 heavy (non-hydrogen) atoms. The van der Waals surface area contributed by atoms with E-state index in [-0.39, 0.29) is 11.7 Å². The number of hydrogen-bond donors (Lipinski definition) is 1. The van der Waals surface area contributed by atoms with Crippen molar-refractivity contribution in [1.82, 2.24) is 19.4 Å². The molecule has 1 N–H and O–H groups in total. The fourth-order valence-electron chi connectivity index (χ4n) is 3.12. The molecule has 6 heteroatoms. The van der Waals surface area contributed by atoms with Crippen LogP contribution in [-0.2, 0) is 13.6 Å². The SMILES string of the molecule is Cn1c(C(=O)NCc2ccccc2-n2ccnc2)cc2cc(F)ccc21. The lowest BCUT2D eigenvalue weighted by molar-refractivity contribution is 0.0943. The first-order valence-electron chi connectivity index (χ1n) is 8.23. The number of halogens is 1. The van der Waals surface area contributed by atoms with Gasteiger partial charge in [-0.15, -0.1) is 0 Å². The van der Waals surface area contributed by atoms with Crippen LogP contribution in [0.1, 0.15) is 16.1 Å². The van der Waals surface area contributed by atoms with E-state index < -0.39 is 0 Å². The number of aryl methyl sites for hydroxylation is 1. The van der Waals surface area contributed by atoms with Gasteiger partial charge in [0, 0.05) is 36.9 Å².